The van der Waals surface area contributed by atoms with Gasteiger partial charge < -0.3 is 5.32 Å². The standard InChI is InChI=1S/C16H22N4O2S/c1-16(2,3)10-4-5-11-9(6-10)7-12(23-11)14(21)17-8-13-18-15(22)20-19-13/h7,10H,4-6,8H2,1-3H3,(H,17,21)(H2,18,19,20,22). The number of rotatable bonds is 3. The third kappa shape index (κ3) is 3.55. The lowest BCUT2D eigenvalue weighted by molar-refractivity contribution is 0.0954. The highest BCUT2D eigenvalue weighted by molar-refractivity contribution is 7.14. The molecule has 0 bridgehead atoms. The third-order valence-electron chi connectivity index (χ3n) is 4.50. The van der Waals surface area contributed by atoms with Gasteiger partial charge in [-0.15, -0.1) is 11.3 Å². The Morgan fingerprint density at radius 1 is 1.48 bits per heavy atom. The molecule has 0 aromatic carbocycles. The van der Waals surface area contributed by atoms with Crippen molar-refractivity contribution in [2.24, 2.45) is 11.3 Å². The van der Waals surface area contributed by atoms with Crippen LogP contribution in [0.5, 0.6) is 0 Å². The minimum absolute atomic E-state index is 0.111. The number of aryl methyl sites for hydroxylation is 1. The first-order chi connectivity index (χ1) is 10.8. The van der Waals surface area contributed by atoms with Gasteiger partial charge in [-0.3, -0.25) is 9.78 Å². The average molecular weight is 334 g/mol. The van der Waals surface area contributed by atoms with Crippen LogP contribution in [-0.4, -0.2) is 21.1 Å². The summed E-state index contributed by atoms with van der Waals surface area (Å²) in [5.74, 6) is 0.979. The first kappa shape index (κ1) is 16.0. The molecule has 3 rings (SSSR count). The van der Waals surface area contributed by atoms with Gasteiger partial charge in [-0.1, -0.05) is 20.8 Å². The number of nitrogens with one attached hydrogen (secondary N) is 3. The minimum Gasteiger partial charge on any atom is -0.344 e. The normalized spacial score (nSPS) is 17.8. The Morgan fingerprint density at radius 3 is 2.91 bits per heavy atom. The van der Waals surface area contributed by atoms with Crippen molar-refractivity contribution in [3.63, 3.8) is 0 Å². The molecular formula is C16H22N4O2S. The Hall–Kier alpha value is -1.89. The van der Waals surface area contributed by atoms with E-state index in [1.807, 2.05) is 6.07 Å². The summed E-state index contributed by atoms with van der Waals surface area (Å²) in [6.07, 6.45) is 3.30. The second-order valence-electron chi connectivity index (χ2n) is 7.17. The number of aromatic amines is 2. The molecule has 2 heterocycles. The van der Waals surface area contributed by atoms with E-state index in [0.717, 1.165) is 17.7 Å². The van der Waals surface area contributed by atoms with E-state index in [-0.39, 0.29) is 18.1 Å². The molecule has 7 heteroatoms. The van der Waals surface area contributed by atoms with E-state index in [2.05, 4.69) is 41.3 Å². The zero-order chi connectivity index (χ0) is 16.6. The van der Waals surface area contributed by atoms with Crippen LogP contribution in [0, 0.1) is 11.3 Å². The van der Waals surface area contributed by atoms with Crippen molar-refractivity contribution < 1.29 is 4.79 Å². The van der Waals surface area contributed by atoms with Gasteiger partial charge in [0, 0.05) is 4.88 Å². The molecule has 1 amide bonds. The number of nitrogens with zero attached hydrogens (tertiary/aromatic N) is 1. The maximum absolute atomic E-state index is 12.3. The molecule has 0 saturated heterocycles. The van der Waals surface area contributed by atoms with E-state index in [4.69, 9.17) is 0 Å². The molecule has 0 aliphatic heterocycles. The molecule has 3 N–H and O–H groups in total. The fourth-order valence-corrected chi connectivity index (χ4v) is 4.14. The van der Waals surface area contributed by atoms with Crippen molar-refractivity contribution in [2.75, 3.05) is 0 Å². The van der Waals surface area contributed by atoms with Crippen LogP contribution in [0.3, 0.4) is 0 Å². The van der Waals surface area contributed by atoms with E-state index in [1.54, 1.807) is 11.3 Å². The lowest BCUT2D eigenvalue weighted by atomic mass is 9.72. The summed E-state index contributed by atoms with van der Waals surface area (Å²) in [6.45, 7) is 7.07. The van der Waals surface area contributed by atoms with Crippen molar-refractivity contribution in [1.82, 2.24) is 20.5 Å². The molecule has 1 atom stereocenters. The number of H-pyrrole nitrogens is 2. The molecule has 6 nitrogen and oxygen atoms in total. The third-order valence-corrected chi connectivity index (χ3v) is 5.73. The number of aromatic nitrogens is 3. The second-order valence-corrected chi connectivity index (χ2v) is 8.31. The predicted molar refractivity (Wildman–Crippen MR) is 89.7 cm³/mol. The largest absolute Gasteiger partial charge is 0.344 e. The van der Waals surface area contributed by atoms with Crippen molar-refractivity contribution in [3.05, 3.63) is 37.7 Å². The van der Waals surface area contributed by atoms with Gasteiger partial charge in [0.2, 0.25) is 0 Å². The Bertz CT molecular complexity index is 766. The molecule has 1 aliphatic carbocycles. The number of hydrogen-bond donors (Lipinski definition) is 3. The summed E-state index contributed by atoms with van der Waals surface area (Å²) in [4.78, 5) is 27.9. The Balaban J connectivity index is 1.67. The van der Waals surface area contributed by atoms with Gasteiger partial charge in [0.25, 0.3) is 5.91 Å². The van der Waals surface area contributed by atoms with Gasteiger partial charge in [-0.2, -0.15) is 5.10 Å². The number of hydrogen-bond acceptors (Lipinski definition) is 4. The van der Waals surface area contributed by atoms with Crippen molar-refractivity contribution >= 4 is 17.2 Å². The van der Waals surface area contributed by atoms with Crippen molar-refractivity contribution in [1.29, 1.82) is 0 Å². The number of carbonyl (C=O) groups excluding carboxylic acids is 1. The first-order valence-corrected chi connectivity index (χ1v) is 8.68. The Kier molecular flexibility index (Phi) is 4.14. The smallest absolute Gasteiger partial charge is 0.340 e. The summed E-state index contributed by atoms with van der Waals surface area (Å²) in [7, 11) is 0. The van der Waals surface area contributed by atoms with Gasteiger partial charge in [-0.05, 0) is 42.2 Å². The van der Waals surface area contributed by atoms with Crippen LogP contribution in [-0.2, 0) is 19.4 Å². The van der Waals surface area contributed by atoms with E-state index >= 15 is 0 Å². The van der Waals surface area contributed by atoms with Crippen LogP contribution in [0.15, 0.2) is 10.9 Å². The SMILES string of the molecule is CC(C)(C)C1CCc2sc(C(=O)NCc3n[nH]c(=O)[nH]3)cc2C1. The summed E-state index contributed by atoms with van der Waals surface area (Å²) < 4.78 is 0. The van der Waals surface area contributed by atoms with Crippen molar-refractivity contribution in [2.45, 2.75) is 46.6 Å². The van der Waals surface area contributed by atoms with Crippen LogP contribution in [0.4, 0.5) is 0 Å². The summed E-state index contributed by atoms with van der Waals surface area (Å²) in [6, 6.07) is 2.03. The first-order valence-electron chi connectivity index (χ1n) is 7.86. The summed E-state index contributed by atoms with van der Waals surface area (Å²) in [5, 5.41) is 8.86. The Labute approximate surface area is 138 Å². The maximum Gasteiger partial charge on any atom is 0.340 e. The van der Waals surface area contributed by atoms with Crippen LogP contribution >= 0.6 is 11.3 Å². The van der Waals surface area contributed by atoms with Gasteiger partial charge >= 0.3 is 5.69 Å². The molecule has 124 valence electrons. The number of thiophene rings is 1. The summed E-state index contributed by atoms with van der Waals surface area (Å²) >= 11 is 1.58. The van der Waals surface area contributed by atoms with E-state index in [0.29, 0.717) is 17.2 Å². The second kappa shape index (κ2) is 5.96. The van der Waals surface area contributed by atoms with Gasteiger partial charge in [-0.25, -0.2) is 9.89 Å². The number of amides is 1. The van der Waals surface area contributed by atoms with E-state index in [9.17, 15) is 9.59 Å². The fraction of sp³-hybridized carbons (Fsp3) is 0.562. The molecule has 0 radical (unpaired) electrons. The van der Waals surface area contributed by atoms with Crippen LogP contribution < -0.4 is 11.0 Å². The summed E-state index contributed by atoms with van der Waals surface area (Å²) in [5.41, 5.74) is 1.25. The number of carbonyl (C=O) groups is 1. The Morgan fingerprint density at radius 2 is 2.26 bits per heavy atom. The highest BCUT2D eigenvalue weighted by atomic mass is 32.1. The average Bonchev–Trinajstić information content (AvgIpc) is 3.08. The molecule has 23 heavy (non-hydrogen) atoms. The zero-order valence-electron chi connectivity index (χ0n) is 13.7. The van der Waals surface area contributed by atoms with Crippen molar-refractivity contribution in [3.8, 4) is 0 Å². The monoisotopic (exact) mass is 334 g/mol. The molecule has 0 saturated carbocycles. The highest BCUT2D eigenvalue weighted by Gasteiger charge is 2.30. The number of fused-ring (bicyclic) bond motifs is 1. The van der Waals surface area contributed by atoms with Crippen LogP contribution in [0.25, 0.3) is 0 Å². The van der Waals surface area contributed by atoms with Crippen LogP contribution in [0.2, 0.25) is 0 Å². The molecule has 0 fully saturated rings. The maximum atomic E-state index is 12.3. The lowest BCUT2D eigenvalue weighted by Crippen LogP contribution is -2.26. The molecule has 1 unspecified atom stereocenters. The molecule has 1 aliphatic rings. The van der Waals surface area contributed by atoms with Crippen LogP contribution in [0.1, 0.15) is 53.1 Å². The molecule has 2 aromatic rings. The molecule has 0 spiro atoms. The van der Waals surface area contributed by atoms with Gasteiger partial charge in [0.1, 0.15) is 5.82 Å². The fourth-order valence-electron chi connectivity index (χ4n) is 3.01. The van der Waals surface area contributed by atoms with Gasteiger partial charge in [0.05, 0.1) is 11.4 Å². The van der Waals surface area contributed by atoms with E-state index < -0.39 is 0 Å². The quantitative estimate of drug-likeness (QED) is 0.804. The molecule has 2 aromatic heterocycles. The highest BCUT2D eigenvalue weighted by Crippen LogP contribution is 2.40. The zero-order valence-corrected chi connectivity index (χ0v) is 14.5. The van der Waals surface area contributed by atoms with E-state index in [1.165, 1.54) is 16.9 Å². The predicted octanol–water partition coefficient (Wildman–Crippen LogP) is 2.24. The minimum atomic E-state index is -0.367. The van der Waals surface area contributed by atoms with Gasteiger partial charge in [0.15, 0.2) is 0 Å². The molecular weight excluding hydrogens is 312 g/mol. The topological polar surface area (TPSA) is 90.6 Å². The lowest BCUT2D eigenvalue weighted by Gasteiger charge is -2.33.